The van der Waals surface area contributed by atoms with Gasteiger partial charge >= 0.3 is 0 Å². The molecule has 0 aliphatic rings. The van der Waals surface area contributed by atoms with E-state index < -0.39 is 22.1 Å². The highest BCUT2D eigenvalue weighted by atomic mass is 32.2. The van der Waals surface area contributed by atoms with E-state index in [1.54, 1.807) is 0 Å². The van der Waals surface area contributed by atoms with E-state index in [1.165, 1.54) is 0 Å². The lowest BCUT2D eigenvalue weighted by Crippen LogP contribution is -2.13. The summed E-state index contributed by atoms with van der Waals surface area (Å²) in [6.45, 7) is 2.14. The maximum Gasteiger partial charge on any atom is 0.300 e. The van der Waals surface area contributed by atoms with Gasteiger partial charge in [-0.3, -0.25) is 14.1 Å². The topological polar surface area (TPSA) is 155 Å². The third-order valence-corrected chi connectivity index (χ3v) is 1.13. The van der Waals surface area contributed by atoms with Gasteiger partial charge in [0.2, 0.25) is 0 Å². The minimum Gasteiger partial charge on any atom is -0.481 e. The first-order valence-electron chi connectivity index (χ1n) is 3.57. The molecule has 0 rings (SSSR count). The molecule has 0 radical (unpaired) electrons. The molecule has 0 saturated heterocycles. The average Bonchev–Trinajstić information content (AvgIpc) is 1.79. The normalized spacial score (nSPS) is 8.80. The van der Waals surface area contributed by atoms with Crippen LogP contribution < -0.4 is 5.73 Å². The number of hydrogen-bond acceptors (Lipinski definition) is 5. The van der Waals surface area contributed by atoms with Gasteiger partial charge in [0, 0.05) is 20.4 Å². The molecule has 0 spiro atoms. The fraction of sp³-hybridized carbons (Fsp3) is 0.667. The van der Waals surface area contributed by atoms with Crippen LogP contribution in [0.1, 0.15) is 13.8 Å². The molecular formula is C6H15NO7S. The first-order chi connectivity index (χ1) is 6.52. The van der Waals surface area contributed by atoms with Gasteiger partial charge in [-0.15, -0.1) is 0 Å². The molecule has 0 aliphatic heterocycles. The van der Waals surface area contributed by atoms with Crippen LogP contribution in [-0.4, -0.2) is 47.4 Å². The van der Waals surface area contributed by atoms with E-state index in [0.29, 0.717) is 0 Å². The second-order valence-corrected chi connectivity index (χ2v) is 3.68. The van der Waals surface area contributed by atoms with Gasteiger partial charge in [-0.2, -0.15) is 8.42 Å². The Labute approximate surface area is 87.5 Å². The van der Waals surface area contributed by atoms with Crippen molar-refractivity contribution in [1.82, 2.24) is 0 Å². The number of hydrogen-bond donors (Lipinski definition) is 4. The summed E-state index contributed by atoms with van der Waals surface area (Å²) < 4.78 is 27.3. The van der Waals surface area contributed by atoms with Crippen LogP contribution in [0.25, 0.3) is 0 Å². The largest absolute Gasteiger partial charge is 0.481 e. The number of aliphatic carboxylic acids is 2. The van der Waals surface area contributed by atoms with E-state index in [-0.39, 0.29) is 12.3 Å². The van der Waals surface area contributed by atoms with Crippen molar-refractivity contribution in [3.05, 3.63) is 0 Å². The molecule has 0 aromatic carbocycles. The second-order valence-electron chi connectivity index (χ2n) is 2.11. The zero-order valence-corrected chi connectivity index (χ0v) is 9.19. The molecule has 0 bridgehead atoms. The van der Waals surface area contributed by atoms with Crippen LogP contribution in [0, 0.1) is 0 Å². The number of carboxylic acid groups (broad SMARTS) is 2. The smallest absolute Gasteiger partial charge is 0.300 e. The molecule has 92 valence electrons. The number of carbonyl (C=O) groups is 2. The number of rotatable bonds is 2. The van der Waals surface area contributed by atoms with Crippen LogP contribution in [0.15, 0.2) is 0 Å². The zero-order chi connectivity index (χ0) is 13.1. The predicted octanol–water partition coefficient (Wildman–Crippen LogP) is -0.985. The van der Waals surface area contributed by atoms with Crippen LogP contribution >= 0.6 is 0 Å². The standard InChI is InChI=1S/C2H7NO3S.2C2H4O2/c3-1-2-7(4,5)6;2*1-2(3)4/h1-3H2,(H,4,5,6);2*1H3,(H,3,4). The van der Waals surface area contributed by atoms with Gasteiger partial charge in [0.15, 0.2) is 0 Å². The van der Waals surface area contributed by atoms with Crippen molar-refractivity contribution in [3.8, 4) is 0 Å². The Morgan fingerprint density at radius 1 is 1.13 bits per heavy atom. The molecular weight excluding hydrogens is 230 g/mol. The third-order valence-electron chi connectivity index (χ3n) is 0.376. The Morgan fingerprint density at radius 2 is 1.33 bits per heavy atom. The second kappa shape index (κ2) is 10.9. The summed E-state index contributed by atoms with van der Waals surface area (Å²) in [6, 6.07) is 0. The Kier molecular flexibility index (Phi) is 14.1. The lowest BCUT2D eigenvalue weighted by Gasteiger charge is -1.86. The minimum atomic E-state index is -3.80. The molecule has 0 atom stereocenters. The lowest BCUT2D eigenvalue weighted by atomic mass is 10.8. The van der Waals surface area contributed by atoms with Crippen molar-refractivity contribution in [2.75, 3.05) is 12.3 Å². The summed E-state index contributed by atoms with van der Waals surface area (Å²) in [4.78, 5) is 18.0. The summed E-state index contributed by atoms with van der Waals surface area (Å²) in [5, 5.41) is 14.8. The van der Waals surface area contributed by atoms with E-state index in [4.69, 9.17) is 30.1 Å². The molecule has 0 saturated carbocycles. The van der Waals surface area contributed by atoms with E-state index in [1.807, 2.05) is 0 Å². The van der Waals surface area contributed by atoms with Crippen molar-refractivity contribution < 1.29 is 32.8 Å². The van der Waals surface area contributed by atoms with Crippen molar-refractivity contribution in [1.29, 1.82) is 0 Å². The van der Waals surface area contributed by atoms with Gasteiger partial charge in [-0.1, -0.05) is 0 Å². The zero-order valence-electron chi connectivity index (χ0n) is 8.37. The van der Waals surface area contributed by atoms with Crippen LogP contribution in [0.5, 0.6) is 0 Å². The molecule has 0 aliphatic carbocycles. The van der Waals surface area contributed by atoms with Crippen molar-refractivity contribution in [2.45, 2.75) is 13.8 Å². The van der Waals surface area contributed by atoms with Crippen LogP contribution in [-0.2, 0) is 19.7 Å². The van der Waals surface area contributed by atoms with Gasteiger partial charge in [0.1, 0.15) is 0 Å². The number of nitrogens with two attached hydrogens (primary N) is 1. The van der Waals surface area contributed by atoms with Crippen LogP contribution in [0.4, 0.5) is 0 Å². The fourth-order valence-corrected chi connectivity index (χ4v) is 0.447. The molecule has 0 fully saturated rings. The van der Waals surface area contributed by atoms with E-state index in [2.05, 4.69) is 0 Å². The highest BCUT2D eigenvalue weighted by Gasteiger charge is 1.98. The maximum atomic E-state index is 9.71. The molecule has 8 nitrogen and oxygen atoms in total. The van der Waals surface area contributed by atoms with Crippen molar-refractivity contribution in [2.24, 2.45) is 5.73 Å². The number of carboxylic acids is 2. The maximum absolute atomic E-state index is 9.71. The Morgan fingerprint density at radius 3 is 1.33 bits per heavy atom. The fourth-order valence-electron chi connectivity index (χ4n) is 0.149. The Hall–Kier alpha value is -1.19. The predicted molar refractivity (Wildman–Crippen MR) is 52.1 cm³/mol. The molecule has 5 N–H and O–H groups in total. The molecule has 0 aromatic rings. The van der Waals surface area contributed by atoms with E-state index >= 15 is 0 Å². The SMILES string of the molecule is CC(=O)O.CC(=O)O.NCCS(=O)(=O)O. The first-order valence-corrected chi connectivity index (χ1v) is 5.18. The minimum absolute atomic E-state index is 0.0289. The summed E-state index contributed by atoms with van der Waals surface area (Å²) in [5.41, 5.74) is 4.78. The Bertz CT molecular complexity index is 251. The summed E-state index contributed by atoms with van der Waals surface area (Å²) in [7, 11) is -3.80. The van der Waals surface area contributed by atoms with E-state index in [9.17, 15) is 8.42 Å². The molecule has 0 amide bonds. The molecule has 0 heterocycles. The quantitative estimate of drug-likeness (QED) is 0.452. The van der Waals surface area contributed by atoms with Gasteiger partial charge in [-0.25, -0.2) is 0 Å². The molecule has 0 aromatic heterocycles. The summed E-state index contributed by atoms with van der Waals surface area (Å²) in [6.07, 6.45) is 0. The average molecular weight is 245 g/mol. The van der Waals surface area contributed by atoms with Crippen LogP contribution in [0.3, 0.4) is 0 Å². The summed E-state index contributed by atoms with van der Waals surface area (Å²) >= 11 is 0. The third kappa shape index (κ3) is 190. The van der Waals surface area contributed by atoms with Crippen LogP contribution in [0.2, 0.25) is 0 Å². The molecule has 0 unspecified atom stereocenters. The van der Waals surface area contributed by atoms with Gasteiger partial charge in [0.25, 0.3) is 22.1 Å². The van der Waals surface area contributed by atoms with Gasteiger partial charge < -0.3 is 15.9 Å². The van der Waals surface area contributed by atoms with Crippen molar-refractivity contribution >= 4 is 22.1 Å². The monoisotopic (exact) mass is 245 g/mol. The Balaban J connectivity index is -0.000000155. The van der Waals surface area contributed by atoms with Crippen molar-refractivity contribution in [3.63, 3.8) is 0 Å². The summed E-state index contributed by atoms with van der Waals surface area (Å²) in [5.74, 6) is -2.02. The van der Waals surface area contributed by atoms with E-state index in [0.717, 1.165) is 13.8 Å². The first kappa shape index (κ1) is 19.4. The highest BCUT2D eigenvalue weighted by Crippen LogP contribution is 1.74. The highest BCUT2D eigenvalue weighted by molar-refractivity contribution is 7.85. The van der Waals surface area contributed by atoms with Gasteiger partial charge in [0.05, 0.1) is 5.75 Å². The lowest BCUT2D eigenvalue weighted by molar-refractivity contribution is -0.135. The molecule has 9 heteroatoms. The molecule has 15 heavy (non-hydrogen) atoms. The van der Waals surface area contributed by atoms with Gasteiger partial charge in [-0.05, 0) is 0 Å².